The first-order valence-electron chi connectivity index (χ1n) is 6.04. The number of nitrogens with zero attached hydrogens (tertiary/aromatic N) is 3. The van der Waals surface area contributed by atoms with Gasteiger partial charge in [-0.25, -0.2) is 4.39 Å². The average Bonchev–Trinajstić information content (AvgIpc) is 2.97. The maximum atomic E-state index is 13.7. The molecule has 2 aromatic heterocycles. The van der Waals surface area contributed by atoms with E-state index in [0.29, 0.717) is 21.3 Å². The topological polar surface area (TPSA) is 67.8 Å². The zero-order valence-corrected chi connectivity index (χ0v) is 11.5. The van der Waals surface area contributed by atoms with E-state index in [1.165, 1.54) is 18.5 Å². The van der Waals surface area contributed by atoms with Gasteiger partial charge in [-0.1, -0.05) is 23.5 Å². The van der Waals surface area contributed by atoms with Crippen LogP contribution in [0.25, 0.3) is 10.6 Å². The Bertz CT molecular complexity index is 775. The third-order valence-electron chi connectivity index (χ3n) is 2.69. The molecule has 2 heterocycles. The molecule has 0 aliphatic heterocycles. The number of benzene rings is 1. The molecule has 7 heteroatoms. The molecule has 5 nitrogen and oxygen atoms in total. The van der Waals surface area contributed by atoms with Crippen molar-refractivity contribution < 1.29 is 9.18 Å². The van der Waals surface area contributed by atoms with E-state index < -0.39 is 0 Å². The van der Waals surface area contributed by atoms with Crippen molar-refractivity contribution in [3.05, 3.63) is 60.2 Å². The molecule has 3 aromatic rings. The minimum Gasteiger partial charge on any atom is -0.296 e. The second kappa shape index (κ2) is 5.76. The molecule has 0 radical (unpaired) electrons. The van der Waals surface area contributed by atoms with Crippen LogP contribution in [-0.4, -0.2) is 21.1 Å². The Morgan fingerprint density at radius 3 is 2.62 bits per heavy atom. The molecule has 1 aromatic carbocycles. The number of carbonyl (C=O) groups is 1. The van der Waals surface area contributed by atoms with Gasteiger partial charge < -0.3 is 0 Å². The third kappa shape index (κ3) is 2.92. The van der Waals surface area contributed by atoms with E-state index in [0.717, 1.165) is 11.3 Å². The van der Waals surface area contributed by atoms with Crippen molar-refractivity contribution in [3.63, 3.8) is 0 Å². The number of carbonyl (C=O) groups excluding carboxylic acids is 1. The first-order chi connectivity index (χ1) is 10.2. The third-order valence-corrected chi connectivity index (χ3v) is 3.56. The highest BCUT2D eigenvalue weighted by Gasteiger charge is 2.13. The molecule has 3 rings (SSSR count). The summed E-state index contributed by atoms with van der Waals surface area (Å²) in [5.74, 6) is -0.686. The van der Waals surface area contributed by atoms with Gasteiger partial charge in [-0.15, -0.1) is 10.2 Å². The molecule has 1 N–H and O–H groups in total. The number of pyridine rings is 1. The molecule has 0 atom stereocenters. The first-order valence-corrected chi connectivity index (χ1v) is 6.85. The molecule has 0 unspecified atom stereocenters. The van der Waals surface area contributed by atoms with Gasteiger partial charge in [-0.2, -0.15) is 0 Å². The van der Waals surface area contributed by atoms with E-state index in [4.69, 9.17) is 0 Å². The summed E-state index contributed by atoms with van der Waals surface area (Å²) in [5, 5.41) is 11.1. The van der Waals surface area contributed by atoms with E-state index in [1.807, 2.05) is 0 Å². The Balaban J connectivity index is 1.80. The van der Waals surface area contributed by atoms with Crippen molar-refractivity contribution >= 4 is 22.4 Å². The van der Waals surface area contributed by atoms with Crippen LogP contribution in [-0.2, 0) is 0 Å². The van der Waals surface area contributed by atoms with Gasteiger partial charge in [0.25, 0.3) is 5.91 Å². The lowest BCUT2D eigenvalue weighted by atomic mass is 10.2. The van der Waals surface area contributed by atoms with Gasteiger partial charge in [0.05, 0.1) is 0 Å². The zero-order valence-electron chi connectivity index (χ0n) is 10.7. The molecule has 21 heavy (non-hydrogen) atoms. The van der Waals surface area contributed by atoms with Gasteiger partial charge in [0.1, 0.15) is 5.82 Å². The molecule has 0 saturated heterocycles. The number of aromatic nitrogens is 3. The quantitative estimate of drug-likeness (QED) is 0.807. The summed E-state index contributed by atoms with van der Waals surface area (Å²) >= 11 is 1.11. The monoisotopic (exact) mass is 300 g/mol. The molecule has 104 valence electrons. The highest BCUT2D eigenvalue weighted by atomic mass is 32.1. The minimum absolute atomic E-state index is 0.311. The van der Waals surface area contributed by atoms with Gasteiger partial charge in [-0.05, 0) is 24.3 Å². The fraction of sp³-hybridized carbons (Fsp3) is 0. The summed E-state index contributed by atoms with van der Waals surface area (Å²) in [6.07, 6.45) is 3.06. The van der Waals surface area contributed by atoms with Gasteiger partial charge in [0.15, 0.2) is 5.01 Å². The fourth-order valence-electron chi connectivity index (χ4n) is 1.69. The van der Waals surface area contributed by atoms with Gasteiger partial charge in [0.2, 0.25) is 5.13 Å². The number of nitrogens with one attached hydrogen (secondary N) is 1. The molecular weight excluding hydrogens is 291 g/mol. The maximum Gasteiger partial charge on any atom is 0.257 e. The molecule has 1 amide bonds. The van der Waals surface area contributed by atoms with Gasteiger partial charge in [0, 0.05) is 23.5 Å². The number of rotatable bonds is 3. The lowest BCUT2D eigenvalue weighted by Gasteiger charge is -1.99. The number of anilines is 1. The van der Waals surface area contributed by atoms with Crippen molar-refractivity contribution in [1.82, 2.24) is 15.2 Å². The lowest BCUT2D eigenvalue weighted by molar-refractivity contribution is 0.102. The summed E-state index contributed by atoms with van der Waals surface area (Å²) in [7, 11) is 0. The highest BCUT2D eigenvalue weighted by molar-refractivity contribution is 7.18. The van der Waals surface area contributed by atoms with Crippen LogP contribution in [0.5, 0.6) is 0 Å². The predicted octanol–water partition coefficient (Wildman–Crippen LogP) is 2.99. The summed E-state index contributed by atoms with van der Waals surface area (Å²) in [6.45, 7) is 0. The van der Waals surface area contributed by atoms with Crippen molar-refractivity contribution in [2.45, 2.75) is 0 Å². The van der Waals surface area contributed by atoms with Gasteiger partial charge >= 0.3 is 0 Å². The normalized spacial score (nSPS) is 10.3. The minimum atomic E-state index is -0.374. The van der Waals surface area contributed by atoms with Crippen LogP contribution in [0.4, 0.5) is 9.52 Å². The Morgan fingerprint density at radius 2 is 1.86 bits per heavy atom. The van der Waals surface area contributed by atoms with Crippen LogP contribution in [0.2, 0.25) is 0 Å². The average molecular weight is 300 g/mol. The van der Waals surface area contributed by atoms with Crippen LogP contribution in [0, 0.1) is 5.82 Å². The molecule has 0 aliphatic rings. The summed E-state index contributed by atoms with van der Waals surface area (Å²) in [6, 6.07) is 9.47. The molecule has 0 fully saturated rings. The Hall–Kier alpha value is -2.67. The molecule has 0 saturated carbocycles. The largest absolute Gasteiger partial charge is 0.296 e. The van der Waals surface area contributed by atoms with Crippen LogP contribution in [0.1, 0.15) is 10.4 Å². The smallest absolute Gasteiger partial charge is 0.257 e. The second-order valence-electron chi connectivity index (χ2n) is 4.08. The number of halogens is 1. The SMILES string of the molecule is O=C(Nc1nnc(-c2ccccc2F)s1)c1ccncc1. The fourth-order valence-corrected chi connectivity index (χ4v) is 2.46. The summed E-state index contributed by atoms with van der Waals surface area (Å²) < 4.78 is 13.7. The van der Waals surface area contributed by atoms with Crippen LogP contribution in [0.3, 0.4) is 0 Å². The molecule has 0 bridgehead atoms. The first kappa shape index (κ1) is 13.3. The van der Waals surface area contributed by atoms with Crippen LogP contribution >= 0.6 is 11.3 Å². The van der Waals surface area contributed by atoms with E-state index in [1.54, 1.807) is 30.3 Å². The van der Waals surface area contributed by atoms with Gasteiger partial charge in [-0.3, -0.25) is 15.1 Å². The number of hydrogen-bond acceptors (Lipinski definition) is 5. The van der Waals surface area contributed by atoms with E-state index in [2.05, 4.69) is 20.5 Å². The standard InChI is InChI=1S/C14H9FN4OS/c15-11-4-2-1-3-10(11)13-18-19-14(21-13)17-12(20)9-5-7-16-8-6-9/h1-8H,(H,17,19,20). The molecular formula is C14H9FN4OS. The van der Waals surface area contributed by atoms with Crippen LogP contribution in [0.15, 0.2) is 48.8 Å². The van der Waals surface area contributed by atoms with Crippen molar-refractivity contribution in [1.29, 1.82) is 0 Å². The maximum absolute atomic E-state index is 13.7. The highest BCUT2D eigenvalue weighted by Crippen LogP contribution is 2.28. The Kier molecular flexibility index (Phi) is 3.65. The predicted molar refractivity (Wildman–Crippen MR) is 77.5 cm³/mol. The molecule has 0 spiro atoms. The van der Waals surface area contributed by atoms with Crippen molar-refractivity contribution in [2.24, 2.45) is 0 Å². The summed E-state index contributed by atoms with van der Waals surface area (Å²) in [5.41, 5.74) is 0.826. The van der Waals surface area contributed by atoms with Crippen molar-refractivity contribution in [2.75, 3.05) is 5.32 Å². The van der Waals surface area contributed by atoms with Crippen molar-refractivity contribution in [3.8, 4) is 10.6 Å². The second-order valence-corrected chi connectivity index (χ2v) is 5.06. The van der Waals surface area contributed by atoms with Crippen LogP contribution < -0.4 is 5.32 Å². The zero-order chi connectivity index (χ0) is 14.7. The Morgan fingerprint density at radius 1 is 1.10 bits per heavy atom. The summed E-state index contributed by atoms with van der Waals surface area (Å²) in [4.78, 5) is 15.8. The number of amides is 1. The Labute approximate surface area is 123 Å². The number of hydrogen-bond donors (Lipinski definition) is 1. The molecule has 0 aliphatic carbocycles. The van der Waals surface area contributed by atoms with E-state index >= 15 is 0 Å². The van der Waals surface area contributed by atoms with E-state index in [9.17, 15) is 9.18 Å². The lowest BCUT2D eigenvalue weighted by Crippen LogP contribution is -2.11. The van der Waals surface area contributed by atoms with E-state index in [-0.39, 0.29) is 11.7 Å².